The summed E-state index contributed by atoms with van der Waals surface area (Å²) in [7, 11) is 0. The quantitative estimate of drug-likeness (QED) is 0.496. The third-order valence-corrected chi connectivity index (χ3v) is 3.70. The maximum Gasteiger partial charge on any atom is 0.423 e. The first-order valence-electron chi connectivity index (χ1n) is 10.1. The van der Waals surface area contributed by atoms with Gasteiger partial charge in [-0.15, -0.1) is 0 Å². The number of hydrogen-bond acceptors (Lipinski definition) is 6. The molecule has 4 N–H and O–H groups in total. The van der Waals surface area contributed by atoms with Crippen molar-refractivity contribution in [2.75, 3.05) is 6.61 Å². The van der Waals surface area contributed by atoms with E-state index in [1.54, 1.807) is 32.9 Å². The van der Waals surface area contributed by atoms with E-state index in [1.165, 1.54) is 12.1 Å². The Labute approximate surface area is 186 Å². The fourth-order valence-corrected chi connectivity index (χ4v) is 2.12. The summed E-state index contributed by atoms with van der Waals surface area (Å²) < 4.78 is 47.5. The molecular weight excluding hydrogens is 425 g/mol. The van der Waals surface area contributed by atoms with E-state index in [2.05, 4.69) is 0 Å². The van der Waals surface area contributed by atoms with Crippen LogP contribution >= 0.6 is 0 Å². The lowest BCUT2D eigenvalue weighted by Crippen LogP contribution is -2.57. The molecule has 0 saturated carbocycles. The van der Waals surface area contributed by atoms with Crippen LogP contribution in [0.3, 0.4) is 0 Å². The summed E-state index contributed by atoms with van der Waals surface area (Å²) in [5.41, 5.74) is 7.57. The van der Waals surface area contributed by atoms with Crippen LogP contribution in [0.2, 0.25) is 0 Å². The third kappa shape index (κ3) is 9.07. The Hall–Kier alpha value is -2.91. The molecule has 0 aliphatic rings. The first-order valence-corrected chi connectivity index (χ1v) is 10.1. The van der Waals surface area contributed by atoms with Crippen molar-refractivity contribution in [2.24, 2.45) is 11.5 Å². The number of carbonyl (C=O) groups is 2. The summed E-state index contributed by atoms with van der Waals surface area (Å²) in [5, 5.41) is 0. The first kappa shape index (κ1) is 29.1. The van der Waals surface area contributed by atoms with Crippen LogP contribution in [0.1, 0.15) is 60.9 Å². The van der Waals surface area contributed by atoms with Gasteiger partial charge in [0, 0.05) is 0 Å². The molecule has 0 aromatic heterocycles. The Bertz CT molecular complexity index is 821. The summed E-state index contributed by atoms with van der Waals surface area (Å²) >= 11 is 0. The Kier molecular flexibility index (Phi) is 12.3. The molecule has 0 spiro atoms. The van der Waals surface area contributed by atoms with Crippen LogP contribution in [0.4, 0.5) is 13.2 Å². The van der Waals surface area contributed by atoms with E-state index in [0.29, 0.717) is 12.2 Å². The van der Waals surface area contributed by atoms with E-state index in [0.717, 1.165) is 12.1 Å². The van der Waals surface area contributed by atoms with Crippen molar-refractivity contribution in [3.63, 3.8) is 0 Å². The second kappa shape index (κ2) is 13.5. The first-order chi connectivity index (χ1) is 14.9. The van der Waals surface area contributed by atoms with Crippen molar-refractivity contribution in [3.8, 4) is 0 Å². The Morgan fingerprint density at radius 1 is 0.875 bits per heavy atom. The predicted molar refractivity (Wildman–Crippen MR) is 117 cm³/mol. The fraction of sp³-hybridized carbons (Fsp3) is 0.391. The normalized spacial score (nSPS) is 10.8. The van der Waals surface area contributed by atoms with Crippen LogP contribution in [-0.4, -0.2) is 30.8 Å². The van der Waals surface area contributed by atoms with Gasteiger partial charge < -0.3 is 20.9 Å². The molecule has 0 aliphatic carbocycles. The zero-order chi connectivity index (χ0) is 24.9. The van der Waals surface area contributed by atoms with Crippen molar-refractivity contribution in [1.29, 1.82) is 0 Å². The van der Waals surface area contributed by atoms with Crippen molar-refractivity contribution < 1.29 is 32.2 Å². The largest absolute Gasteiger partial charge is 0.462 e. The Morgan fingerprint density at radius 2 is 1.34 bits per heavy atom. The minimum absolute atomic E-state index is 0.135. The van der Waals surface area contributed by atoms with Crippen molar-refractivity contribution in [1.82, 2.24) is 0 Å². The molecule has 0 amide bonds. The van der Waals surface area contributed by atoms with E-state index in [4.69, 9.17) is 20.9 Å². The predicted octanol–water partition coefficient (Wildman–Crippen LogP) is 4.77. The zero-order valence-corrected chi connectivity index (χ0v) is 18.9. The molecule has 0 bridgehead atoms. The van der Waals surface area contributed by atoms with Crippen molar-refractivity contribution >= 4 is 11.9 Å². The molecular formula is C23H31F3N2O4. The molecule has 0 unspecified atom stereocenters. The molecule has 2 rings (SSSR count). The van der Waals surface area contributed by atoms with Gasteiger partial charge in [-0.2, -0.15) is 13.2 Å². The van der Waals surface area contributed by atoms with Gasteiger partial charge in [0.05, 0.1) is 23.8 Å². The van der Waals surface area contributed by atoms with E-state index in [-0.39, 0.29) is 23.2 Å². The molecule has 0 heterocycles. The monoisotopic (exact) mass is 456 g/mol. The van der Waals surface area contributed by atoms with Gasteiger partial charge in [0.25, 0.3) is 0 Å². The molecule has 2 aromatic carbocycles. The zero-order valence-electron chi connectivity index (χ0n) is 18.9. The van der Waals surface area contributed by atoms with Gasteiger partial charge >= 0.3 is 18.1 Å². The lowest BCUT2D eigenvalue weighted by atomic mass is 9.99. The van der Waals surface area contributed by atoms with Gasteiger partial charge in [0.1, 0.15) is 0 Å². The SMILES string of the molecule is CC.CC(C)OC(=O)c1ccc(C(N)(N)C(F)(F)F)cc1.CCOC(=O)c1ccccc1. The number of esters is 2. The molecule has 0 fully saturated rings. The number of benzene rings is 2. The topological polar surface area (TPSA) is 105 Å². The summed E-state index contributed by atoms with van der Waals surface area (Å²) in [6, 6.07) is 13.5. The highest BCUT2D eigenvalue weighted by atomic mass is 19.4. The number of nitrogens with two attached hydrogens (primary N) is 2. The lowest BCUT2D eigenvalue weighted by molar-refractivity contribution is -0.188. The minimum Gasteiger partial charge on any atom is -0.462 e. The second-order valence-corrected chi connectivity index (χ2v) is 6.48. The van der Waals surface area contributed by atoms with E-state index in [1.807, 2.05) is 32.0 Å². The number of rotatable bonds is 5. The van der Waals surface area contributed by atoms with Gasteiger partial charge in [-0.3, -0.25) is 0 Å². The number of halogens is 3. The van der Waals surface area contributed by atoms with Gasteiger partial charge in [-0.1, -0.05) is 44.2 Å². The van der Waals surface area contributed by atoms with E-state index >= 15 is 0 Å². The molecule has 0 atom stereocenters. The average Bonchev–Trinajstić information content (AvgIpc) is 2.75. The van der Waals surface area contributed by atoms with Gasteiger partial charge in [0.15, 0.2) is 5.66 Å². The summed E-state index contributed by atoms with van der Waals surface area (Å²) in [6.45, 7) is 9.55. The van der Waals surface area contributed by atoms with Crippen LogP contribution < -0.4 is 11.5 Å². The number of alkyl halides is 3. The fourth-order valence-electron chi connectivity index (χ4n) is 2.12. The van der Waals surface area contributed by atoms with Crippen molar-refractivity contribution in [3.05, 3.63) is 71.3 Å². The molecule has 2 aromatic rings. The number of ether oxygens (including phenoxy) is 2. The Balaban J connectivity index is 0.000000626. The molecule has 0 radical (unpaired) electrons. The van der Waals surface area contributed by atoms with Gasteiger partial charge in [-0.05, 0) is 50.6 Å². The minimum atomic E-state index is -4.78. The maximum absolute atomic E-state index is 12.6. The Morgan fingerprint density at radius 3 is 1.75 bits per heavy atom. The van der Waals surface area contributed by atoms with Crippen LogP contribution in [0.15, 0.2) is 54.6 Å². The van der Waals surface area contributed by atoms with Gasteiger partial charge in [0.2, 0.25) is 0 Å². The molecule has 9 heteroatoms. The molecule has 178 valence electrons. The lowest BCUT2D eigenvalue weighted by Gasteiger charge is -2.27. The van der Waals surface area contributed by atoms with E-state index < -0.39 is 17.8 Å². The summed E-state index contributed by atoms with van der Waals surface area (Å²) in [6.07, 6.45) is -5.10. The van der Waals surface area contributed by atoms with Crippen LogP contribution in [0.5, 0.6) is 0 Å². The highest BCUT2D eigenvalue weighted by Crippen LogP contribution is 2.32. The highest BCUT2D eigenvalue weighted by Gasteiger charge is 2.50. The van der Waals surface area contributed by atoms with Gasteiger partial charge in [-0.25, -0.2) is 9.59 Å². The number of carbonyl (C=O) groups excluding carboxylic acids is 2. The van der Waals surface area contributed by atoms with Crippen LogP contribution in [0, 0.1) is 0 Å². The molecule has 32 heavy (non-hydrogen) atoms. The average molecular weight is 457 g/mol. The highest BCUT2D eigenvalue weighted by molar-refractivity contribution is 5.89. The van der Waals surface area contributed by atoms with Crippen molar-refractivity contribution in [2.45, 2.75) is 52.6 Å². The molecule has 0 aliphatic heterocycles. The van der Waals surface area contributed by atoms with Crippen LogP contribution in [0.25, 0.3) is 0 Å². The summed E-state index contributed by atoms with van der Waals surface area (Å²) in [4.78, 5) is 22.5. The second-order valence-electron chi connectivity index (χ2n) is 6.48. The maximum atomic E-state index is 12.6. The molecule has 0 saturated heterocycles. The van der Waals surface area contributed by atoms with Crippen LogP contribution in [-0.2, 0) is 15.1 Å². The number of hydrogen-bond donors (Lipinski definition) is 2. The standard InChI is InChI=1S/C12H15F3N2O2.C9H10O2.C2H6/c1-7(2)19-10(18)8-3-5-9(6-4-8)11(16,17)12(13,14)15;1-2-11-9(10)8-6-4-3-5-7-8;1-2/h3-7H,16-17H2,1-2H3;3-7H,2H2,1H3;1-2H3. The smallest absolute Gasteiger partial charge is 0.423 e. The molecule has 6 nitrogen and oxygen atoms in total. The summed E-state index contributed by atoms with van der Waals surface area (Å²) in [5.74, 6) is -0.874. The third-order valence-electron chi connectivity index (χ3n) is 3.70. The van der Waals surface area contributed by atoms with E-state index in [9.17, 15) is 22.8 Å².